The van der Waals surface area contributed by atoms with Crippen molar-refractivity contribution in [1.82, 2.24) is 0 Å². The quantitative estimate of drug-likeness (QED) is 0.418. The molecule has 0 aliphatic heterocycles. The van der Waals surface area contributed by atoms with E-state index >= 15 is 0 Å². The van der Waals surface area contributed by atoms with Gasteiger partial charge in [-0.2, -0.15) is 4.39 Å². The van der Waals surface area contributed by atoms with E-state index in [4.69, 9.17) is 17.3 Å². The largest absolute Gasteiger partial charge is 0.397 e. The molecule has 0 unspecified atom stereocenters. The molecule has 0 bridgehead atoms. The number of benzene rings is 1. The number of nitro benzene ring substituents is 1. The lowest BCUT2D eigenvalue weighted by Gasteiger charge is -1.97. The Balaban J connectivity index is 3.33. The Morgan fingerprint density at radius 3 is 2.67 bits per heavy atom. The maximum Gasteiger partial charge on any atom is 0.306 e. The van der Waals surface area contributed by atoms with Gasteiger partial charge in [-0.05, 0) is 0 Å². The molecule has 0 amide bonds. The molecule has 0 saturated heterocycles. The van der Waals surface area contributed by atoms with Crippen LogP contribution in [0.5, 0.6) is 0 Å². The summed E-state index contributed by atoms with van der Waals surface area (Å²) in [6, 6.07) is 1.70. The molecule has 0 spiro atoms. The van der Waals surface area contributed by atoms with Gasteiger partial charge in [-0.15, -0.1) is 0 Å². The average molecular weight is 191 g/mol. The number of halogens is 2. The molecule has 6 heteroatoms. The normalized spacial score (nSPS) is 9.83. The van der Waals surface area contributed by atoms with Gasteiger partial charge in [-0.3, -0.25) is 10.1 Å². The molecule has 2 N–H and O–H groups in total. The summed E-state index contributed by atoms with van der Waals surface area (Å²) in [5.74, 6) is -0.987. The number of nitro groups is 1. The summed E-state index contributed by atoms with van der Waals surface area (Å²) in [6.45, 7) is 0. The minimum absolute atomic E-state index is 0.00948. The summed E-state index contributed by atoms with van der Waals surface area (Å²) in [5, 5.41) is 10.1. The Morgan fingerprint density at radius 2 is 2.17 bits per heavy atom. The van der Waals surface area contributed by atoms with Crippen molar-refractivity contribution >= 4 is 23.0 Å². The van der Waals surface area contributed by atoms with Gasteiger partial charge in [0.15, 0.2) is 0 Å². The van der Waals surface area contributed by atoms with Crippen molar-refractivity contribution in [1.29, 1.82) is 0 Å². The molecule has 0 aromatic heterocycles. The third-order valence-corrected chi connectivity index (χ3v) is 1.59. The molecule has 1 aromatic carbocycles. The van der Waals surface area contributed by atoms with Crippen LogP contribution in [0.4, 0.5) is 15.8 Å². The minimum Gasteiger partial charge on any atom is -0.397 e. The van der Waals surface area contributed by atoms with Gasteiger partial charge in [0.05, 0.1) is 15.6 Å². The molecule has 1 rings (SSSR count). The molecule has 1 aromatic rings. The molecular formula is C6H4ClFN2O2. The third-order valence-electron chi connectivity index (χ3n) is 1.26. The first-order valence-corrected chi connectivity index (χ1v) is 3.29. The second-order valence-electron chi connectivity index (χ2n) is 2.08. The van der Waals surface area contributed by atoms with Gasteiger partial charge in [0, 0.05) is 12.1 Å². The van der Waals surface area contributed by atoms with Crippen molar-refractivity contribution in [2.24, 2.45) is 0 Å². The van der Waals surface area contributed by atoms with E-state index in [0.717, 1.165) is 12.1 Å². The fraction of sp³-hybridized carbons (Fsp3) is 0. The van der Waals surface area contributed by atoms with Gasteiger partial charge < -0.3 is 5.73 Å². The van der Waals surface area contributed by atoms with E-state index in [1.54, 1.807) is 0 Å². The van der Waals surface area contributed by atoms with Crippen molar-refractivity contribution in [3.05, 3.63) is 33.1 Å². The molecule has 64 valence electrons. The van der Waals surface area contributed by atoms with Crippen LogP contribution in [-0.2, 0) is 0 Å². The second kappa shape index (κ2) is 2.94. The number of nitrogens with two attached hydrogens (primary N) is 1. The zero-order valence-electron chi connectivity index (χ0n) is 5.75. The van der Waals surface area contributed by atoms with E-state index in [-0.39, 0.29) is 10.7 Å². The SMILES string of the molecule is Nc1cc([N+](=O)[O-])c(F)cc1Cl. The topological polar surface area (TPSA) is 69.2 Å². The Kier molecular flexibility index (Phi) is 2.14. The molecule has 4 nitrogen and oxygen atoms in total. The lowest BCUT2D eigenvalue weighted by atomic mass is 10.3. The maximum absolute atomic E-state index is 12.7. The number of rotatable bonds is 1. The van der Waals surface area contributed by atoms with Crippen LogP contribution in [0.15, 0.2) is 12.1 Å². The van der Waals surface area contributed by atoms with Gasteiger partial charge in [-0.1, -0.05) is 11.6 Å². The van der Waals surface area contributed by atoms with Crippen LogP contribution in [0.1, 0.15) is 0 Å². The molecule has 0 heterocycles. The third kappa shape index (κ3) is 1.45. The number of hydrogen-bond donors (Lipinski definition) is 1. The highest BCUT2D eigenvalue weighted by Crippen LogP contribution is 2.26. The van der Waals surface area contributed by atoms with Crippen LogP contribution in [0, 0.1) is 15.9 Å². The standard InChI is InChI=1S/C6H4ClFN2O2/c7-3-1-4(8)6(10(11)12)2-5(3)9/h1-2H,9H2. The number of nitrogen functional groups attached to an aromatic ring is 1. The van der Waals surface area contributed by atoms with Crippen molar-refractivity contribution < 1.29 is 9.31 Å². The van der Waals surface area contributed by atoms with E-state index in [1.807, 2.05) is 0 Å². The maximum atomic E-state index is 12.7. The molecule has 0 aliphatic carbocycles. The molecule has 0 aliphatic rings. The monoisotopic (exact) mass is 190 g/mol. The van der Waals surface area contributed by atoms with Crippen LogP contribution < -0.4 is 5.73 Å². The highest BCUT2D eigenvalue weighted by atomic mass is 35.5. The lowest BCUT2D eigenvalue weighted by molar-refractivity contribution is -0.387. The Morgan fingerprint density at radius 1 is 1.58 bits per heavy atom. The van der Waals surface area contributed by atoms with Crippen LogP contribution in [0.3, 0.4) is 0 Å². The van der Waals surface area contributed by atoms with Gasteiger partial charge in [0.2, 0.25) is 5.82 Å². The summed E-state index contributed by atoms with van der Waals surface area (Å²) >= 11 is 5.40. The van der Waals surface area contributed by atoms with Gasteiger partial charge in [-0.25, -0.2) is 0 Å². The van der Waals surface area contributed by atoms with Crippen molar-refractivity contribution in [3.8, 4) is 0 Å². The minimum atomic E-state index is -0.987. The van der Waals surface area contributed by atoms with E-state index in [1.165, 1.54) is 0 Å². The summed E-state index contributed by atoms with van der Waals surface area (Å²) in [6.07, 6.45) is 0. The average Bonchev–Trinajstić information content (AvgIpc) is 1.96. The van der Waals surface area contributed by atoms with Crippen molar-refractivity contribution in [2.75, 3.05) is 5.73 Å². The number of hydrogen-bond acceptors (Lipinski definition) is 3. The van der Waals surface area contributed by atoms with E-state index < -0.39 is 16.4 Å². The summed E-state index contributed by atoms with van der Waals surface area (Å²) in [7, 11) is 0. The van der Waals surface area contributed by atoms with Crippen molar-refractivity contribution in [2.45, 2.75) is 0 Å². The zero-order valence-corrected chi connectivity index (χ0v) is 6.51. The number of anilines is 1. The predicted molar refractivity (Wildman–Crippen MR) is 42.5 cm³/mol. The highest BCUT2D eigenvalue weighted by molar-refractivity contribution is 6.33. The first-order chi connectivity index (χ1) is 5.52. The summed E-state index contributed by atoms with van der Waals surface area (Å²) < 4.78 is 12.7. The first kappa shape index (κ1) is 8.73. The predicted octanol–water partition coefficient (Wildman–Crippen LogP) is 1.97. The van der Waals surface area contributed by atoms with Gasteiger partial charge >= 0.3 is 5.69 Å². The Hall–Kier alpha value is -1.36. The molecule has 0 saturated carbocycles. The number of nitrogens with zero attached hydrogens (tertiary/aromatic N) is 1. The fourth-order valence-electron chi connectivity index (χ4n) is 0.694. The zero-order chi connectivity index (χ0) is 9.30. The van der Waals surface area contributed by atoms with E-state index in [9.17, 15) is 14.5 Å². The van der Waals surface area contributed by atoms with E-state index in [0.29, 0.717) is 0 Å². The molecular weight excluding hydrogens is 187 g/mol. The summed E-state index contributed by atoms with van der Waals surface area (Å²) in [4.78, 5) is 9.29. The Labute approximate surface area is 71.9 Å². The smallest absolute Gasteiger partial charge is 0.306 e. The molecule has 0 radical (unpaired) electrons. The summed E-state index contributed by atoms with van der Waals surface area (Å²) in [5.41, 5.74) is 4.55. The highest BCUT2D eigenvalue weighted by Gasteiger charge is 2.15. The van der Waals surface area contributed by atoms with Crippen LogP contribution in [0.2, 0.25) is 5.02 Å². The molecule has 0 atom stereocenters. The first-order valence-electron chi connectivity index (χ1n) is 2.91. The van der Waals surface area contributed by atoms with Crippen LogP contribution >= 0.6 is 11.6 Å². The second-order valence-corrected chi connectivity index (χ2v) is 2.49. The van der Waals surface area contributed by atoms with E-state index in [2.05, 4.69) is 0 Å². The van der Waals surface area contributed by atoms with Gasteiger partial charge in [0.1, 0.15) is 0 Å². The fourth-order valence-corrected chi connectivity index (χ4v) is 0.844. The molecule has 0 fully saturated rings. The van der Waals surface area contributed by atoms with Crippen LogP contribution in [0.25, 0.3) is 0 Å². The Bertz CT molecular complexity index is 343. The molecule has 12 heavy (non-hydrogen) atoms. The van der Waals surface area contributed by atoms with Crippen LogP contribution in [-0.4, -0.2) is 4.92 Å². The van der Waals surface area contributed by atoms with Crippen molar-refractivity contribution in [3.63, 3.8) is 0 Å². The lowest BCUT2D eigenvalue weighted by Crippen LogP contribution is -1.95. The van der Waals surface area contributed by atoms with Gasteiger partial charge in [0.25, 0.3) is 0 Å².